The Kier molecular flexibility index (Phi) is 7.31. The summed E-state index contributed by atoms with van der Waals surface area (Å²) in [4.78, 5) is 39.3. The summed E-state index contributed by atoms with van der Waals surface area (Å²) in [5, 5.41) is 19.8. The summed E-state index contributed by atoms with van der Waals surface area (Å²) in [5.74, 6) is -3.91. The number of imide groups is 1. The standard InChI is InChI=1S/C22H26BrNO7/c1-13(18-16(26)12-17(23)22(29,31-18)10-6-7-11-25)20(27)24-14(2)19(30-21(24)28)15-8-4-3-5-9-15/h3-5,8-9,12-14,18-19,25,29H,6-7,10-11H2,1-2H3. The molecule has 5 unspecified atom stereocenters. The van der Waals surface area contributed by atoms with Crippen molar-refractivity contribution in [1.82, 2.24) is 4.90 Å². The molecule has 0 saturated carbocycles. The third-order valence-electron chi connectivity index (χ3n) is 5.65. The van der Waals surface area contributed by atoms with E-state index in [0.29, 0.717) is 12.8 Å². The fourth-order valence-electron chi connectivity index (χ4n) is 3.84. The summed E-state index contributed by atoms with van der Waals surface area (Å²) in [6, 6.07) is 8.53. The van der Waals surface area contributed by atoms with Gasteiger partial charge in [-0.05, 0) is 47.3 Å². The highest BCUT2D eigenvalue weighted by Crippen LogP contribution is 2.38. The SMILES string of the molecule is CC(C(=O)N1C(=O)OC(c2ccccc2)C1C)C1OC(O)(CCCCO)C(Br)=CC1=O. The minimum atomic E-state index is -1.79. The Morgan fingerprint density at radius 1 is 1.26 bits per heavy atom. The summed E-state index contributed by atoms with van der Waals surface area (Å²) in [5.41, 5.74) is 0.765. The van der Waals surface area contributed by atoms with Crippen molar-refractivity contribution in [3.05, 3.63) is 46.5 Å². The first-order valence-electron chi connectivity index (χ1n) is 10.2. The van der Waals surface area contributed by atoms with Gasteiger partial charge in [0.1, 0.15) is 12.2 Å². The first-order chi connectivity index (χ1) is 14.7. The molecule has 31 heavy (non-hydrogen) atoms. The van der Waals surface area contributed by atoms with Crippen molar-refractivity contribution in [1.29, 1.82) is 0 Å². The van der Waals surface area contributed by atoms with Crippen molar-refractivity contribution in [3.8, 4) is 0 Å². The van der Waals surface area contributed by atoms with E-state index in [2.05, 4.69) is 15.9 Å². The number of halogens is 1. The maximum atomic E-state index is 13.2. The topological polar surface area (TPSA) is 113 Å². The molecule has 1 fully saturated rings. The van der Waals surface area contributed by atoms with Crippen molar-refractivity contribution in [2.45, 2.75) is 57.1 Å². The molecular weight excluding hydrogens is 470 g/mol. The van der Waals surface area contributed by atoms with Gasteiger partial charge in [-0.2, -0.15) is 0 Å². The summed E-state index contributed by atoms with van der Waals surface area (Å²) >= 11 is 3.17. The highest BCUT2D eigenvalue weighted by Gasteiger charge is 2.49. The fourth-order valence-corrected chi connectivity index (χ4v) is 4.36. The number of carbonyl (C=O) groups excluding carboxylic acids is 3. The van der Waals surface area contributed by atoms with E-state index >= 15 is 0 Å². The predicted molar refractivity (Wildman–Crippen MR) is 114 cm³/mol. The van der Waals surface area contributed by atoms with Crippen molar-refractivity contribution in [3.63, 3.8) is 0 Å². The maximum absolute atomic E-state index is 13.2. The average molecular weight is 496 g/mol. The number of aliphatic hydroxyl groups excluding tert-OH is 1. The molecule has 1 saturated heterocycles. The van der Waals surface area contributed by atoms with Gasteiger partial charge >= 0.3 is 6.09 Å². The first kappa shape index (κ1) is 23.6. The Morgan fingerprint density at radius 3 is 2.58 bits per heavy atom. The molecule has 0 aliphatic carbocycles. The second-order valence-electron chi connectivity index (χ2n) is 7.85. The molecule has 2 amide bonds. The molecule has 0 aromatic heterocycles. The molecule has 2 aliphatic rings. The molecule has 0 radical (unpaired) electrons. The lowest BCUT2D eigenvalue weighted by atomic mass is 9.93. The van der Waals surface area contributed by atoms with Crippen LogP contribution in [0, 0.1) is 5.92 Å². The fraction of sp³-hybridized carbons (Fsp3) is 0.500. The van der Waals surface area contributed by atoms with Crippen LogP contribution in [0.1, 0.15) is 44.8 Å². The molecule has 5 atom stereocenters. The molecule has 2 heterocycles. The summed E-state index contributed by atoms with van der Waals surface area (Å²) in [6.45, 7) is 3.16. The van der Waals surface area contributed by atoms with E-state index in [1.54, 1.807) is 6.92 Å². The zero-order valence-corrected chi connectivity index (χ0v) is 18.9. The van der Waals surface area contributed by atoms with E-state index in [-0.39, 0.29) is 17.5 Å². The number of unbranched alkanes of at least 4 members (excludes halogenated alkanes) is 1. The molecular formula is C22H26BrNO7. The molecule has 168 valence electrons. The highest BCUT2D eigenvalue weighted by molar-refractivity contribution is 9.11. The number of carbonyl (C=O) groups is 3. The molecule has 9 heteroatoms. The van der Waals surface area contributed by atoms with Crippen molar-refractivity contribution in [2.24, 2.45) is 5.92 Å². The summed E-state index contributed by atoms with van der Waals surface area (Å²) in [7, 11) is 0. The van der Waals surface area contributed by atoms with Crippen molar-refractivity contribution in [2.75, 3.05) is 6.61 Å². The molecule has 1 aromatic rings. The van der Waals surface area contributed by atoms with Crippen LogP contribution in [0.15, 0.2) is 40.9 Å². The van der Waals surface area contributed by atoms with Crippen LogP contribution in [0.4, 0.5) is 4.79 Å². The van der Waals surface area contributed by atoms with Gasteiger partial charge in [-0.1, -0.05) is 37.3 Å². The number of ether oxygens (including phenoxy) is 2. The number of amides is 2. The number of rotatable bonds is 7. The van der Waals surface area contributed by atoms with Crippen LogP contribution in [0.5, 0.6) is 0 Å². The zero-order valence-electron chi connectivity index (χ0n) is 17.4. The number of hydrogen-bond acceptors (Lipinski definition) is 7. The normalized spacial score (nSPS) is 29.5. The van der Waals surface area contributed by atoms with Gasteiger partial charge in [0.2, 0.25) is 5.91 Å². The largest absolute Gasteiger partial charge is 0.439 e. The van der Waals surface area contributed by atoms with E-state index < -0.39 is 47.7 Å². The maximum Gasteiger partial charge on any atom is 0.417 e. The number of aliphatic hydroxyl groups is 2. The lowest BCUT2D eigenvalue weighted by molar-refractivity contribution is -0.217. The second kappa shape index (κ2) is 9.60. The highest BCUT2D eigenvalue weighted by atomic mass is 79.9. The minimum Gasteiger partial charge on any atom is -0.439 e. The van der Waals surface area contributed by atoms with Crippen LogP contribution >= 0.6 is 15.9 Å². The Balaban J connectivity index is 1.77. The molecule has 0 bridgehead atoms. The van der Waals surface area contributed by atoms with Crippen LogP contribution in [0.2, 0.25) is 0 Å². The number of hydrogen-bond donors (Lipinski definition) is 2. The van der Waals surface area contributed by atoms with Gasteiger partial charge < -0.3 is 19.7 Å². The molecule has 8 nitrogen and oxygen atoms in total. The monoisotopic (exact) mass is 495 g/mol. The molecule has 1 aromatic carbocycles. The Hall–Kier alpha value is -2.07. The predicted octanol–water partition coefficient (Wildman–Crippen LogP) is 2.83. The molecule has 2 N–H and O–H groups in total. The smallest absolute Gasteiger partial charge is 0.417 e. The van der Waals surface area contributed by atoms with Gasteiger partial charge in [-0.3, -0.25) is 9.59 Å². The molecule has 0 spiro atoms. The van der Waals surface area contributed by atoms with Gasteiger partial charge in [0.15, 0.2) is 11.6 Å². The number of benzene rings is 1. The molecule has 2 aliphatic heterocycles. The number of cyclic esters (lactones) is 1. The Bertz CT molecular complexity index is 874. The summed E-state index contributed by atoms with van der Waals surface area (Å²) < 4.78 is 11.3. The Labute approximate surface area is 188 Å². The second-order valence-corrected chi connectivity index (χ2v) is 8.71. The molecule has 3 rings (SSSR count). The van der Waals surface area contributed by atoms with E-state index in [4.69, 9.17) is 14.6 Å². The van der Waals surface area contributed by atoms with Gasteiger partial charge in [-0.15, -0.1) is 0 Å². The minimum absolute atomic E-state index is 0.0355. The van der Waals surface area contributed by atoms with Crippen molar-refractivity contribution < 1.29 is 34.1 Å². The van der Waals surface area contributed by atoms with E-state index in [0.717, 1.165) is 10.5 Å². The zero-order chi connectivity index (χ0) is 22.8. The Morgan fingerprint density at radius 2 is 1.94 bits per heavy atom. The van der Waals surface area contributed by atoms with Crippen LogP contribution < -0.4 is 0 Å². The van der Waals surface area contributed by atoms with E-state index in [1.165, 1.54) is 13.0 Å². The third kappa shape index (κ3) is 4.74. The number of nitrogens with zero attached hydrogens (tertiary/aromatic N) is 1. The average Bonchev–Trinajstić information content (AvgIpc) is 3.05. The quantitative estimate of drug-likeness (QED) is 0.559. The van der Waals surface area contributed by atoms with Gasteiger partial charge in [0, 0.05) is 13.0 Å². The lowest BCUT2D eigenvalue weighted by Gasteiger charge is -2.37. The third-order valence-corrected chi connectivity index (χ3v) is 6.50. The van der Waals surface area contributed by atoms with Crippen LogP contribution in [-0.4, -0.2) is 57.4 Å². The number of ketones is 1. The van der Waals surface area contributed by atoms with Gasteiger partial charge in [0.05, 0.1) is 16.4 Å². The van der Waals surface area contributed by atoms with Crippen LogP contribution in [0.25, 0.3) is 0 Å². The van der Waals surface area contributed by atoms with Crippen molar-refractivity contribution >= 4 is 33.7 Å². The first-order valence-corrected chi connectivity index (χ1v) is 11.0. The lowest BCUT2D eigenvalue weighted by Crippen LogP contribution is -2.51. The van der Waals surface area contributed by atoms with Gasteiger partial charge in [0.25, 0.3) is 0 Å². The van der Waals surface area contributed by atoms with E-state index in [9.17, 15) is 19.5 Å². The van der Waals surface area contributed by atoms with Crippen LogP contribution in [0.3, 0.4) is 0 Å². The van der Waals surface area contributed by atoms with E-state index in [1.807, 2.05) is 30.3 Å². The van der Waals surface area contributed by atoms with Crippen LogP contribution in [-0.2, 0) is 19.1 Å². The summed E-state index contributed by atoms with van der Waals surface area (Å²) in [6.07, 6.45) is -0.412. The van der Waals surface area contributed by atoms with Gasteiger partial charge in [-0.25, -0.2) is 9.69 Å².